The van der Waals surface area contributed by atoms with Crippen molar-refractivity contribution in [3.8, 4) is 11.1 Å². The van der Waals surface area contributed by atoms with Gasteiger partial charge in [-0.15, -0.1) is 0 Å². The van der Waals surface area contributed by atoms with E-state index in [4.69, 9.17) is 10.8 Å². The van der Waals surface area contributed by atoms with Crippen LogP contribution in [0.25, 0.3) is 22.0 Å². The summed E-state index contributed by atoms with van der Waals surface area (Å²) in [7, 11) is 0. The molecule has 0 saturated carbocycles. The first-order chi connectivity index (χ1) is 15.1. The Morgan fingerprint density at radius 3 is 2.56 bits per heavy atom. The molecule has 0 bridgehead atoms. The maximum atomic E-state index is 15.7. The van der Waals surface area contributed by atoms with Crippen molar-refractivity contribution in [1.29, 1.82) is 10.8 Å². The Balaban J connectivity index is 2.07. The lowest BCUT2D eigenvalue weighted by Crippen LogP contribution is -2.55. The second-order valence-electron chi connectivity index (χ2n) is 8.60. The Morgan fingerprint density at radius 2 is 1.94 bits per heavy atom. The Labute approximate surface area is 185 Å². The van der Waals surface area contributed by atoms with E-state index in [1.807, 2.05) is 20.8 Å². The highest BCUT2D eigenvalue weighted by molar-refractivity contribution is 6.24. The van der Waals surface area contributed by atoms with Gasteiger partial charge in [0.05, 0.1) is 29.0 Å². The number of aliphatic hydroxyl groups excluding tert-OH is 1. The van der Waals surface area contributed by atoms with Crippen molar-refractivity contribution < 1.29 is 13.9 Å². The van der Waals surface area contributed by atoms with Crippen LogP contribution in [0, 0.1) is 22.5 Å². The standard InChI is InChI=1S/C24H27F2N5O/c1-5-15-21(17-10-14(25)11-20-16(17)6-7-30(20)8-9-32)18(26)12-19-22(15)31(13(2)27)23(28)24(3,4)29-19/h6-7,10-12,27-29,32H,5,8-9H2,1-4H3. The predicted molar refractivity (Wildman–Crippen MR) is 125 cm³/mol. The predicted octanol–water partition coefficient (Wildman–Crippen LogP) is 5.13. The van der Waals surface area contributed by atoms with E-state index in [-0.39, 0.29) is 23.8 Å². The van der Waals surface area contributed by atoms with Crippen molar-refractivity contribution in [1.82, 2.24) is 4.57 Å². The van der Waals surface area contributed by atoms with E-state index in [0.29, 0.717) is 46.4 Å². The smallest absolute Gasteiger partial charge is 0.133 e. The van der Waals surface area contributed by atoms with Crippen LogP contribution >= 0.6 is 0 Å². The number of aliphatic hydroxyl groups is 1. The third kappa shape index (κ3) is 3.26. The Bertz CT molecular complexity index is 1260. The van der Waals surface area contributed by atoms with Gasteiger partial charge in [-0.25, -0.2) is 8.78 Å². The number of nitrogens with zero attached hydrogens (tertiary/aromatic N) is 2. The Kier molecular flexibility index (Phi) is 5.29. The molecule has 0 unspecified atom stereocenters. The second kappa shape index (κ2) is 7.70. The van der Waals surface area contributed by atoms with Gasteiger partial charge in [0, 0.05) is 23.7 Å². The van der Waals surface area contributed by atoms with E-state index in [1.165, 1.54) is 23.1 Å². The van der Waals surface area contributed by atoms with Crippen molar-refractivity contribution in [2.45, 2.75) is 46.2 Å². The van der Waals surface area contributed by atoms with Crippen molar-refractivity contribution in [3.63, 3.8) is 0 Å². The first-order valence-corrected chi connectivity index (χ1v) is 10.6. The lowest BCUT2D eigenvalue weighted by molar-refractivity contribution is 0.278. The van der Waals surface area contributed by atoms with E-state index in [0.717, 1.165) is 0 Å². The molecule has 0 amide bonds. The second-order valence-corrected chi connectivity index (χ2v) is 8.60. The van der Waals surface area contributed by atoms with Gasteiger partial charge in [0.2, 0.25) is 0 Å². The zero-order valence-corrected chi connectivity index (χ0v) is 18.6. The highest BCUT2D eigenvalue weighted by Gasteiger charge is 2.39. The number of benzene rings is 2. The number of hydrogen-bond donors (Lipinski definition) is 4. The summed E-state index contributed by atoms with van der Waals surface area (Å²) in [6.45, 7) is 7.30. The van der Waals surface area contributed by atoms with E-state index < -0.39 is 17.2 Å². The SMILES string of the molecule is CCc1c(-c2cc(F)cc3c2ccn3CCO)c(F)cc2c1N(C(C)=N)C(=N)C(C)(C)N2. The molecule has 0 radical (unpaired) electrons. The van der Waals surface area contributed by atoms with Gasteiger partial charge < -0.3 is 15.0 Å². The summed E-state index contributed by atoms with van der Waals surface area (Å²) in [5, 5.41) is 30.2. The summed E-state index contributed by atoms with van der Waals surface area (Å²) in [5.74, 6) is -0.668. The molecule has 0 saturated heterocycles. The fourth-order valence-electron chi connectivity index (χ4n) is 4.57. The summed E-state index contributed by atoms with van der Waals surface area (Å²) in [5.41, 5.74) is 2.10. The van der Waals surface area contributed by atoms with Gasteiger partial charge in [-0.05, 0) is 62.6 Å². The van der Waals surface area contributed by atoms with E-state index >= 15 is 4.39 Å². The maximum absolute atomic E-state index is 15.7. The molecule has 1 aromatic heterocycles. The van der Waals surface area contributed by atoms with Gasteiger partial charge in [-0.3, -0.25) is 15.7 Å². The van der Waals surface area contributed by atoms with Crippen LogP contribution in [0.2, 0.25) is 0 Å². The molecular weight excluding hydrogens is 412 g/mol. The van der Waals surface area contributed by atoms with Crippen LogP contribution in [0.4, 0.5) is 20.2 Å². The third-order valence-electron chi connectivity index (χ3n) is 5.99. The number of halogens is 2. The van der Waals surface area contributed by atoms with Crippen molar-refractivity contribution in [2.75, 3.05) is 16.8 Å². The van der Waals surface area contributed by atoms with Crippen LogP contribution in [0.1, 0.15) is 33.3 Å². The zero-order valence-electron chi connectivity index (χ0n) is 18.6. The number of rotatable bonds is 4. The number of amidine groups is 2. The summed E-state index contributed by atoms with van der Waals surface area (Å²) in [6, 6.07) is 5.86. The van der Waals surface area contributed by atoms with Crippen molar-refractivity contribution in [2.24, 2.45) is 0 Å². The summed E-state index contributed by atoms with van der Waals surface area (Å²) < 4.78 is 32.1. The number of fused-ring (bicyclic) bond motifs is 2. The van der Waals surface area contributed by atoms with Crippen LogP contribution in [0.15, 0.2) is 30.5 Å². The molecule has 0 spiro atoms. The maximum Gasteiger partial charge on any atom is 0.133 e. The first kappa shape index (κ1) is 22.0. The monoisotopic (exact) mass is 439 g/mol. The fourth-order valence-corrected chi connectivity index (χ4v) is 4.57. The van der Waals surface area contributed by atoms with Gasteiger partial charge in [-0.2, -0.15) is 0 Å². The van der Waals surface area contributed by atoms with Gasteiger partial charge in [0.25, 0.3) is 0 Å². The molecule has 1 aliphatic heterocycles. The third-order valence-corrected chi connectivity index (χ3v) is 5.99. The molecular formula is C24H27F2N5O. The topological polar surface area (TPSA) is 88.1 Å². The minimum absolute atomic E-state index is 0.0970. The molecule has 2 heterocycles. The van der Waals surface area contributed by atoms with Crippen LogP contribution in [0.5, 0.6) is 0 Å². The molecule has 0 aliphatic carbocycles. The van der Waals surface area contributed by atoms with Crippen LogP contribution in [-0.2, 0) is 13.0 Å². The quantitative estimate of drug-likeness (QED) is 0.336. The number of hydrogen-bond acceptors (Lipinski definition) is 4. The first-order valence-electron chi connectivity index (χ1n) is 10.6. The average Bonchev–Trinajstić information content (AvgIpc) is 3.10. The molecule has 1 aliphatic rings. The van der Waals surface area contributed by atoms with Gasteiger partial charge in [0.1, 0.15) is 23.3 Å². The van der Waals surface area contributed by atoms with Crippen LogP contribution in [0.3, 0.4) is 0 Å². The van der Waals surface area contributed by atoms with Crippen molar-refractivity contribution >= 4 is 33.9 Å². The Morgan fingerprint density at radius 1 is 1.22 bits per heavy atom. The molecule has 0 fully saturated rings. The zero-order chi connectivity index (χ0) is 23.4. The molecule has 168 valence electrons. The molecule has 2 aromatic carbocycles. The molecule has 6 nitrogen and oxygen atoms in total. The lowest BCUT2D eigenvalue weighted by atomic mass is 9.88. The average molecular weight is 440 g/mol. The fraction of sp³-hybridized carbons (Fsp3) is 0.333. The Hall–Kier alpha value is -3.26. The molecule has 3 aromatic rings. The minimum atomic E-state index is -0.790. The van der Waals surface area contributed by atoms with E-state index in [9.17, 15) is 9.50 Å². The highest BCUT2D eigenvalue weighted by Crippen LogP contribution is 2.46. The molecule has 8 heteroatoms. The molecule has 4 rings (SSSR count). The summed E-state index contributed by atoms with van der Waals surface area (Å²) in [4.78, 5) is 1.53. The summed E-state index contributed by atoms with van der Waals surface area (Å²) >= 11 is 0. The van der Waals surface area contributed by atoms with Crippen LogP contribution < -0.4 is 10.2 Å². The van der Waals surface area contributed by atoms with Gasteiger partial charge >= 0.3 is 0 Å². The number of aromatic nitrogens is 1. The molecule has 4 N–H and O–H groups in total. The number of nitrogens with one attached hydrogen (secondary N) is 3. The van der Waals surface area contributed by atoms with Gasteiger partial charge in [-0.1, -0.05) is 6.92 Å². The summed E-state index contributed by atoms with van der Waals surface area (Å²) in [6.07, 6.45) is 2.17. The van der Waals surface area contributed by atoms with E-state index in [1.54, 1.807) is 23.8 Å². The highest BCUT2D eigenvalue weighted by atomic mass is 19.1. The van der Waals surface area contributed by atoms with Crippen molar-refractivity contribution in [3.05, 3.63) is 47.7 Å². The molecule has 0 atom stereocenters. The minimum Gasteiger partial charge on any atom is -0.395 e. The lowest BCUT2D eigenvalue weighted by Gasteiger charge is -2.43. The molecule has 32 heavy (non-hydrogen) atoms. The van der Waals surface area contributed by atoms with Gasteiger partial charge in [0.15, 0.2) is 0 Å². The van der Waals surface area contributed by atoms with Crippen LogP contribution in [-0.4, -0.2) is 33.5 Å². The largest absolute Gasteiger partial charge is 0.395 e. The normalized spacial score (nSPS) is 15.1. The van der Waals surface area contributed by atoms with E-state index in [2.05, 4.69) is 5.32 Å². The number of anilines is 2.